The van der Waals surface area contributed by atoms with Crippen LogP contribution < -0.4 is 0 Å². The number of aromatic nitrogens is 1. The molecule has 106 valence electrons. The molecular formula is C11H15ClN2O3S2. The molecule has 5 nitrogen and oxygen atoms in total. The second-order valence-corrected chi connectivity index (χ2v) is 9.33. The van der Waals surface area contributed by atoms with Gasteiger partial charge in [-0.3, -0.25) is 4.79 Å². The van der Waals surface area contributed by atoms with Crippen LogP contribution in [0, 0.1) is 11.3 Å². The first kappa shape index (κ1) is 14.7. The number of sulfonamides is 1. The lowest BCUT2D eigenvalue weighted by molar-refractivity contribution is -0.123. The molecule has 1 unspecified atom stereocenters. The Balaban J connectivity index is 2.30. The lowest BCUT2D eigenvalue weighted by Crippen LogP contribution is -2.33. The lowest BCUT2D eigenvalue weighted by Gasteiger charge is -2.26. The first-order valence-electron chi connectivity index (χ1n) is 5.79. The number of rotatable bonds is 2. The summed E-state index contributed by atoms with van der Waals surface area (Å²) in [6, 6.07) is 0. The van der Waals surface area contributed by atoms with E-state index in [1.807, 2.05) is 20.8 Å². The summed E-state index contributed by atoms with van der Waals surface area (Å²) in [5.74, 6) is -0.331. The summed E-state index contributed by atoms with van der Waals surface area (Å²) < 4.78 is 25.8. The molecule has 1 atom stereocenters. The van der Waals surface area contributed by atoms with Crippen LogP contribution in [-0.4, -0.2) is 30.2 Å². The van der Waals surface area contributed by atoms with Gasteiger partial charge in [-0.25, -0.2) is 17.7 Å². The van der Waals surface area contributed by atoms with Crippen molar-refractivity contribution in [3.05, 3.63) is 10.7 Å². The minimum absolute atomic E-state index is 0.0143. The van der Waals surface area contributed by atoms with Crippen LogP contribution in [0.1, 0.15) is 27.2 Å². The Labute approximate surface area is 121 Å². The highest BCUT2D eigenvalue weighted by molar-refractivity contribution is 7.91. The van der Waals surface area contributed by atoms with Crippen molar-refractivity contribution < 1.29 is 13.2 Å². The monoisotopic (exact) mass is 322 g/mol. The van der Waals surface area contributed by atoms with E-state index < -0.39 is 10.0 Å². The van der Waals surface area contributed by atoms with E-state index in [1.54, 1.807) is 0 Å². The maximum atomic E-state index is 12.3. The first-order valence-corrected chi connectivity index (χ1v) is 8.42. The van der Waals surface area contributed by atoms with Crippen molar-refractivity contribution in [2.75, 3.05) is 6.54 Å². The number of halogens is 1. The van der Waals surface area contributed by atoms with Gasteiger partial charge < -0.3 is 0 Å². The van der Waals surface area contributed by atoms with Crippen molar-refractivity contribution in [2.24, 2.45) is 11.3 Å². The molecule has 1 aliphatic rings. The van der Waals surface area contributed by atoms with Gasteiger partial charge in [-0.2, -0.15) is 0 Å². The van der Waals surface area contributed by atoms with Crippen molar-refractivity contribution in [2.45, 2.75) is 31.4 Å². The van der Waals surface area contributed by atoms with Crippen LogP contribution in [0.4, 0.5) is 0 Å². The fourth-order valence-corrected chi connectivity index (χ4v) is 4.82. The van der Waals surface area contributed by atoms with Gasteiger partial charge in [0, 0.05) is 13.0 Å². The maximum absolute atomic E-state index is 12.3. The Kier molecular flexibility index (Phi) is 3.66. The molecule has 1 fully saturated rings. The number of carbonyl (C=O) groups is 1. The molecular weight excluding hydrogens is 308 g/mol. The van der Waals surface area contributed by atoms with Crippen LogP contribution in [0.5, 0.6) is 0 Å². The highest BCUT2D eigenvalue weighted by Crippen LogP contribution is 2.37. The Morgan fingerprint density at radius 2 is 2.11 bits per heavy atom. The van der Waals surface area contributed by atoms with Crippen molar-refractivity contribution in [3.8, 4) is 0 Å². The van der Waals surface area contributed by atoms with E-state index in [-0.39, 0.29) is 38.9 Å². The van der Waals surface area contributed by atoms with Crippen LogP contribution in [0.3, 0.4) is 0 Å². The Morgan fingerprint density at radius 3 is 2.53 bits per heavy atom. The maximum Gasteiger partial charge on any atom is 0.277 e. The number of hydrogen-bond acceptors (Lipinski definition) is 5. The molecule has 1 aromatic heterocycles. The highest BCUT2D eigenvalue weighted by Gasteiger charge is 2.43. The molecule has 1 aromatic rings. The van der Waals surface area contributed by atoms with Gasteiger partial charge in [0.2, 0.25) is 5.91 Å². The van der Waals surface area contributed by atoms with Crippen molar-refractivity contribution >= 4 is 38.9 Å². The number of amides is 1. The summed E-state index contributed by atoms with van der Waals surface area (Å²) in [4.78, 5) is 15.7. The molecule has 0 radical (unpaired) electrons. The zero-order valence-corrected chi connectivity index (χ0v) is 13.3. The van der Waals surface area contributed by atoms with Crippen LogP contribution in [-0.2, 0) is 14.8 Å². The van der Waals surface area contributed by atoms with Gasteiger partial charge in [-0.05, 0) is 11.3 Å². The number of hydrogen-bond donors (Lipinski definition) is 0. The summed E-state index contributed by atoms with van der Waals surface area (Å²) in [5.41, 5.74) is -0.106. The van der Waals surface area contributed by atoms with Crippen LogP contribution in [0.25, 0.3) is 0 Å². The van der Waals surface area contributed by atoms with Gasteiger partial charge in [0.1, 0.15) is 0 Å². The Morgan fingerprint density at radius 1 is 1.47 bits per heavy atom. The molecule has 0 bridgehead atoms. The predicted octanol–water partition coefficient (Wildman–Crippen LogP) is 2.38. The molecule has 0 aliphatic carbocycles. The van der Waals surface area contributed by atoms with E-state index in [1.165, 1.54) is 6.20 Å². The van der Waals surface area contributed by atoms with Gasteiger partial charge in [0.15, 0.2) is 8.68 Å². The number of carbonyl (C=O) groups excluding carboxylic acids is 1. The minimum atomic E-state index is -3.80. The fraction of sp³-hybridized carbons (Fsp3) is 0.636. The SMILES string of the molecule is CC(C)(C)C1CC(=O)N(S(=O)(=O)c2cnc(Cl)s2)C1. The molecule has 0 spiro atoms. The van der Waals surface area contributed by atoms with Crippen LogP contribution in [0.15, 0.2) is 10.4 Å². The molecule has 1 aliphatic heterocycles. The molecule has 1 amide bonds. The van der Waals surface area contributed by atoms with Gasteiger partial charge in [-0.15, -0.1) is 0 Å². The zero-order valence-electron chi connectivity index (χ0n) is 10.9. The fourth-order valence-electron chi connectivity index (χ4n) is 1.96. The van der Waals surface area contributed by atoms with E-state index in [9.17, 15) is 13.2 Å². The summed E-state index contributed by atoms with van der Waals surface area (Å²) in [5, 5.41) is 0. The van der Waals surface area contributed by atoms with Gasteiger partial charge in [-0.1, -0.05) is 43.7 Å². The van der Waals surface area contributed by atoms with Crippen molar-refractivity contribution in [1.82, 2.24) is 9.29 Å². The van der Waals surface area contributed by atoms with E-state index in [0.717, 1.165) is 15.6 Å². The van der Waals surface area contributed by atoms with Crippen molar-refractivity contribution in [1.29, 1.82) is 0 Å². The molecule has 8 heteroatoms. The van der Waals surface area contributed by atoms with Crippen molar-refractivity contribution in [3.63, 3.8) is 0 Å². The van der Waals surface area contributed by atoms with Gasteiger partial charge >= 0.3 is 0 Å². The second kappa shape index (κ2) is 4.71. The summed E-state index contributed by atoms with van der Waals surface area (Å²) >= 11 is 6.52. The standard InChI is InChI=1S/C11H15ClN2O3S2/c1-11(2,3)7-4-8(15)14(6-7)19(16,17)9-5-13-10(12)18-9/h5,7H,4,6H2,1-3H3. The van der Waals surface area contributed by atoms with E-state index in [0.29, 0.717) is 0 Å². The van der Waals surface area contributed by atoms with E-state index in [4.69, 9.17) is 11.6 Å². The second-order valence-electron chi connectivity index (χ2n) is 5.63. The van der Waals surface area contributed by atoms with E-state index in [2.05, 4.69) is 4.98 Å². The quantitative estimate of drug-likeness (QED) is 0.838. The largest absolute Gasteiger partial charge is 0.277 e. The van der Waals surface area contributed by atoms with Crippen LogP contribution >= 0.6 is 22.9 Å². The normalized spacial score (nSPS) is 21.2. The molecule has 1 saturated heterocycles. The van der Waals surface area contributed by atoms with Gasteiger partial charge in [0.25, 0.3) is 10.0 Å². The minimum Gasteiger partial charge on any atom is -0.274 e. The summed E-state index contributed by atoms with van der Waals surface area (Å²) in [6.07, 6.45) is 1.45. The molecule has 0 aromatic carbocycles. The first-order chi connectivity index (χ1) is 8.62. The third-order valence-corrected chi connectivity index (χ3v) is 6.65. The average Bonchev–Trinajstić information content (AvgIpc) is 2.83. The molecule has 2 rings (SSSR count). The Hall–Kier alpha value is -0.660. The number of nitrogens with zero attached hydrogens (tertiary/aromatic N) is 2. The topological polar surface area (TPSA) is 67.3 Å². The molecule has 0 saturated carbocycles. The molecule has 0 N–H and O–H groups in total. The lowest BCUT2D eigenvalue weighted by atomic mass is 9.80. The highest BCUT2D eigenvalue weighted by atomic mass is 35.5. The predicted molar refractivity (Wildman–Crippen MR) is 73.6 cm³/mol. The third kappa shape index (κ3) is 2.78. The van der Waals surface area contributed by atoms with E-state index >= 15 is 0 Å². The number of thiazole rings is 1. The molecule has 19 heavy (non-hydrogen) atoms. The Bertz CT molecular complexity index is 604. The third-order valence-electron chi connectivity index (χ3n) is 3.31. The summed E-state index contributed by atoms with van der Waals surface area (Å²) in [6.45, 7) is 6.24. The smallest absolute Gasteiger partial charge is 0.274 e. The molecule has 2 heterocycles. The average molecular weight is 323 g/mol. The summed E-state index contributed by atoms with van der Waals surface area (Å²) in [7, 11) is -3.80. The zero-order chi connectivity index (χ0) is 14.4. The van der Waals surface area contributed by atoms with Gasteiger partial charge in [0.05, 0.1) is 6.20 Å². The van der Waals surface area contributed by atoms with Crippen LogP contribution in [0.2, 0.25) is 4.47 Å².